The monoisotopic (exact) mass is 306 g/mol. The van der Waals surface area contributed by atoms with E-state index in [-0.39, 0.29) is 0 Å². The Kier molecular flexibility index (Phi) is 2.90. The lowest BCUT2D eigenvalue weighted by atomic mass is 9.82. The second kappa shape index (κ2) is 4.70. The second-order valence-electron chi connectivity index (χ2n) is 5.73. The van der Waals surface area contributed by atoms with E-state index in [2.05, 4.69) is 0 Å². The van der Waals surface area contributed by atoms with E-state index in [1.54, 1.807) is 0 Å². The van der Waals surface area contributed by atoms with Gasteiger partial charge in [0.25, 0.3) is 0 Å². The quantitative estimate of drug-likeness (QED) is 0.677. The number of benzene rings is 3. The lowest BCUT2D eigenvalue weighted by Crippen LogP contribution is -2.27. The SMILES string of the molecule is Cc1ccccc1C1(O)c2ccccc2-c2cccc(Cl)c21. The van der Waals surface area contributed by atoms with Crippen molar-refractivity contribution >= 4 is 11.6 Å². The fourth-order valence-electron chi connectivity index (χ4n) is 3.54. The molecule has 1 atom stereocenters. The van der Waals surface area contributed by atoms with Crippen molar-refractivity contribution in [1.29, 1.82) is 0 Å². The summed E-state index contributed by atoms with van der Waals surface area (Å²) in [5.74, 6) is 0. The summed E-state index contributed by atoms with van der Waals surface area (Å²) in [4.78, 5) is 0. The molecule has 1 aliphatic carbocycles. The first-order chi connectivity index (χ1) is 10.6. The molecule has 0 saturated heterocycles. The molecule has 2 heteroatoms. The number of hydrogen-bond acceptors (Lipinski definition) is 1. The molecule has 4 rings (SSSR count). The Balaban J connectivity index is 2.15. The third-order valence-electron chi connectivity index (χ3n) is 4.52. The van der Waals surface area contributed by atoms with E-state index in [0.717, 1.165) is 33.4 Å². The molecule has 1 nitrogen and oxygen atoms in total. The van der Waals surface area contributed by atoms with Gasteiger partial charge in [-0.15, -0.1) is 0 Å². The molecule has 0 bridgehead atoms. The minimum Gasteiger partial charge on any atom is -0.376 e. The van der Waals surface area contributed by atoms with Crippen LogP contribution in [0.15, 0.2) is 66.7 Å². The molecule has 0 heterocycles. The standard InChI is InChI=1S/C20H15ClO/c1-13-7-2-4-10-16(13)20(22)17-11-5-3-8-14(17)15-9-6-12-18(21)19(15)20/h2-12,22H,1H3. The van der Waals surface area contributed by atoms with Crippen molar-refractivity contribution in [2.45, 2.75) is 12.5 Å². The van der Waals surface area contributed by atoms with Gasteiger partial charge in [-0.2, -0.15) is 0 Å². The van der Waals surface area contributed by atoms with Crippen molar-refractivity contribution in [3.63, 3.8) is 0 Å². The molecule has 0 saturated carbocycles. The highest BCUT2D eigenvalue weighted by Gasteiger charge is 2.45. The van der Waals surface area contributed by atoms with Crippen molar-refractivity contribution in [3.8, 4) is 11.1 Å². The van der Waals surface area contributed by atoms with Crippen molar-refractivity contribution in [2.24, 2.45) is 0 Å². The molecule has 108 valence electrons. The first kappa shape index (κ1) is 13.6. The molecule has 0 fully saturated rings. The van der Waals surface area contributed by atoms with Crippen LogP contribution in [0.25, 0.3) is 11.1 Å². The molecule has 1 unspecified atom stereocenters. The predicted molar refractivity (Wildman–Crippen MR) is 90.2 cm³/mol. The van der Waals surface area contributed by atoms with Crippen LogP contribution in [0.2, 0.25) is 5.02 Å². The van der Waals surface area contributed by atoms with Crippen molar-refractivity contribution < 1.29 is 5.11 Å². The number of hydrogen-bond donors (Lipinski definition) is 1. The molecule has 0 aliphatic heterocycles. The molecule has 1 N–H and O–H groups in total. The van der Waals surface area contributed by atoms with Crippen LogP contribution in [0, 0.1) is 6.92 Å². The van der Waals surface area contributed by atoms with Crippen LogP contribution in [-0.4, -0.2) is 5.11 Å². The average molecular weight is 307 g/mol. The Morgan fingerprint density at radius 1 is 0.773 bits per heavy atom. The van der Waals surface area contributed by atoms with E-state index in [1.807, 2.05) is 73.7 Å². The second-order valence-corrected chi connectivity index (χ2v) is 6.14. The summed E-state index contributed by atoms with van der Waals surface area (Å²) in [6.07, 6.45) is 0. The van der Waals surface area contributed by atoms with E-state index in [4.69, 9.17) is 11.6 Å². The van der Waals surface area contributed by atoms with Gasteiger partial charge in [-0.1, -0.05) is 72.3 Å². The van der Waals surface area contributed by atoms with Gasteiger partial charge in [0.2, 0.25) is 0 Å². The van der Waals surface area contributed by atoms with Crippen LogP contribution >= 0.6 is 11.6 Å². The number of aliphatic hydroxyl groups is 1. The largest absolute Gasteiger partial charge is 0.376 e. The summed E-state index contributed by atoms with van der Waals surface area (Å²) in [7, 11) is 0. The number of halogens is 1. The Morgan fingerprint density at radius 2 is 1.41 bits per heavy atom. The Labute approximate surface area is 134 Å². The smallest absolute Gasteiger partial charge is 0.143 e. The lowest BCUT2D eigenvalue weighted by Gasteiger charge is -2.28. The van der Waals surface area contributed by atoms with Gasteiger partial charge < -0.3 is 5.11 Å². The fraction of sp³-hybridized carbons (Fsp3) is 0.100. The maximum absolute atomic E-state index is 11.7. The van der Waals surface area contributed by atoms with Gasteiger partial charge in [0.05, 0.1) is 0 Å². The van der Waals surface area contributed by atoms with Crippen LogP contribution in [0.5, 0.6) is 0 Å². The summed E-state index contributed by atoms with van der Waals surface area (Å²) in [5.41, 5.74) is 4.47. The molecule has 0 spiro atoms. The summed E-state index contributed by atoms with van der Waals surface area (Å²) >= 11 is 6.49. The van der Waals surface area contributed by atoms with Crippen molar-refractivity contribution in [2.75, 3.05) is 0 Å². The molecular weight excluding hydrogens is 292 g/mol. The zero-order valence-electron chi connectivity index (χ0n) is 12.2. The zero-order valence-corrected chi connectivity index (χ0v) is 12.9. The third kappa shape index (κ3) is 1.64. The highest BCUT2D eigenvalue weighted by molar-refractivity contribution is 6.32. The number of fused-ring (bicyclic) bond motifs is 3. The molecule has 3 aromatic carbocycles. The molecule has 0 radical (unpaired) electrons. The van der Waals surface area contributed by atoms with Gasteiger partial charge >= 0.3 is 0 Å². The van der Waals surface area contributed by atoms with E-state index in [1.165, 1.54) is 0 Å². The molecule has 0 amide bonds. The molecule has 1 aliphatic rings. The molecule has 0 aromatic heterocycles. The van der Waals surface area contributed by atoms with Crippen LogP contribution in [-0.2, 0) is 5.60 Å². The van der Waals surface area contributed by atoms with Gasteiger partial charge in [0.15, 0.2) is 0 Å². The summed E-state index contributed by atoms with van der Waals surface area (Å²) in [5, 5.41) is 12.3. The first-order valence-electron chi connectivity index (χ1n) is 7.31. The Morgan fingerprint density at radius 3 is 2.18 bits per heavy atom. The molecule has 3 aromatic rings. The van der Waals surface area contributed by atoms with Gasteiger partial charge in [0.1, 0.15) is 5.60 Å². The molecular formula is C20H15ClO. The summed E-state index contributed by atoms with van der Waals surface area (Å²) in [6.45, 7) is 2.02. The lowest BCUT2D eigenvalue weighted by molar-refractivity contribution is 0.130. The van der Waals surface area contributed by atoms with Gasteiger partial charge in [-0.25, -0.2) is 0 Å². The maximum atomic E-state index is 11.7. The van der Waals surface area contributed by atoms with Crippen LogP contribution < -0.4 is 0 Å². The summed E-state index contributed by atoms with van der Waals surface area (Å²) < 4.78 is 0. The Bertz CT molecular complexity index is 884. The summed E-state index contributed by atoms with van der Waals surface area (Å²) in [6, 6.07) is 21.7. The van der Waals surface area contributed by atoms with Crippen molar-refractivity contribution in [1.82, 2.24) is 0 Å². The zero-order chi connectivity index (χ0) is 15.3. The van der Waals surface area contributed by atoms with Gasteiger partial charge in [-0.3, -0.25) is 0 Å². The van der Waals surface area contributed by atoms with E-state index >= 15 is 0 Å². The molecule has 22 heavy (non-hydrogen) atoms. The van der Waals surface area contributed by atoms with E-state index < -0.39 is 5.60 Å². The van der Waals surface area contributed by atoms with Crippen LogP contribution in [0.1, 0.15) is 22.3 Å². The normalized spacial score (nSPS) is 18.9. The number of aryl methyl sites for hydroxylation is 1. The van der Waals surface area contributed by atoms with Gasteiger partial charge in [-0.05, 0) is 35.2 Å². The number of rotatable bonds is 1. The average Bonchev–Trinajstić information content (AvgIpc) is 2.80. The minimum atomic E-state index is -1.20. The Hall–Kier alpha value is -2.09. The maximum Gasteiger partial charge on any atom is 0.143 e. The topological polar surface area (TPSA) is 20.2 Å². The highest BCUT2D eigenvalue weighted by Crippen LogP contribution is 2.53. The third-order valence-corrected chi connectivity index (χ3v) is 4.83. The highest BCUT2D eigenvalue weighted by atomic mass is 35.5. The van der Waals surface area contributed by atoms with Gasteiger partial charge in [0, 0.05) is 16.1 Å². The van der Waals surface area contributed by atoms with Crippen molar-refractivity contribution in [3.05, 3.63) is 94.0 Å². The van der Waals surface area contributed by atoms with Crippen LogP contribution in [0.3, 0.4) is 0 Å². The first-order valence-corrected chi connectivity index (χ1v) is 7.69. The van der Waals surface area contributed by atoms with E-state index in [9.17, 15) is 5.11 Å². The minimum absolute atomic E-state index is 0.597. The van der Waals surface area contributed by atoms with Crippen LogP contribution in [0.4, 0.5) is 0 Å². The fourth-order valence-corrected chi connectivity index (χ4v) is 3.85. The predicted octanol–water partition coefficient (Wildman–Crippen LogP) is 4.91. The van der Waals surface area contributed by atoms with E-state index in [0.29, 0.717) is 5.02 Å².